The second kappa shape index (κ2) is 15.0. The smallest absolute Gasteiger partial charge is 0.337 e. The number of benzene rings is 6. The van der Waals surface area contributed by atoms with E-state index in [1.807, 2.05) is 196 Å². The molecule has 248 valence electrons. The lowest BCUT2D eigenvalue weighted by atomic mass is 9.83. The van der Waals surface area contributed by atoms with Gasteiger partial charge in [0.15, 0.2) is 0 Å². The average Bonchev–Trinajstić information content (AvgIpc) is 3.19. The Labute approximate surface area is 292 Å². The molecule has 0 fully saturated rings. The summed E-state index contributed by atoms with van der Waals surface area (Å²) in [5.74, 6) is -0.576. The van der Waals surface area contributed by atoms with E-state index in [-0.39, 0.29) is 11.9 Å². The normalized spacial score (nSPS) is 12.4. The van der Waals surface area contributed by atoms with Crippen LogP contribution in [0, 0.1) is 5.41 Å². The molecular weight excluding hydrogens is 645 g/mol. The molecule has 6 aromatic rings. The standard InChI is InChI=1S/C43H40O4S2/c1-3-43(4-2,41(44)46-48(35-23-11-5-12-24-35,36-25-13-6-14-26-36)37-27-15-7-16-28-37)42(45)47-49(38-29-17-8-18-30-38,39-31-19-9-20-32-39)40-33-21-10-22-34-40/h5-34H,3-4H2,1-2H3/p+2. The third-order valence-corrected chi connectivity index (χ3v) is 15.3. The van der Waals surface area contributed by atoms with Gasteiger partial charge in [-0.05, 0) is 85.6 Å². The van der Waals surface area contributed by atoms with Crippen molar-refractivity contribution >= 4 is 32.6 Å². The molecule has 2 N–H and O–H groups in total. The number of rotatable bonds is 12. The summed E-state index contributed by atoms with van der Waals surface area (Å²) in [6, 6.07) is 60.2. The summed E-state index contributed by atoms with van der Waals surface area (Å²) < 4.78 is 14.2. The van der Waals surface area contributed by atoms with Gasteiger partial charge in [-0.25, -0.2) is 0 Å². The maximum atomic E-state index is 12.5. The largest absolute Gasteiger partial charge is 0.520 e. The van der Waals surface area contributed by atoms with E-state index in [2.05, 4.69) is 0 Å². The number of hydrogen-bond acceptors (Lipinski definition) is 2. The zero-order valence-electron chi connectivity index (χ0n) is 27.8. The van der Waals surface area contributed by atoms with Gasteiger partial charge < -0.3 is 9.59 Å². The van der Waals surface area contributed by atoms with Crippen LogP contribution in [0.15, 0.2) is 211 Å². The average molecular weight is 687 g/mol. The van der Waals surface area contributed by atoms with Crippen LogP contribution < -0.4 is 0 Å². The Balaban J connectivity index is 1.52. The molecule has 0 saturated heterocycles. The Hall–Kier alpha value is -5.04. The van der Waals surface area contributed by atoms with Crippen LogP contribution in [-0.2, 0) is 8.37 Å². The van der Waals surface area contributed by atoms with Crippen LogP contribution in [0.4, 0.5) is 0 Å². The van der Waals surface area contributed by atoms with Crippen molar-refractivity contribution in [3.63, 3.8) is 0 Å². The first-order valence-corrected chi connectivity index (χ1v) is 19.6. The third-order valence-electron chi connectivity index (χ3n) is 8.88. The van der Waals surface area contributed by atoms with Gasteiger partial charge in [-0.1, -0.05) is 123 Å². The molecule has 49 heavy (non-hydrogen) atoms. The molecule has 0 spiro atoms. The van der Waals surface area contributed by atoms with E-state index in [0.717, 1.165) is 29.4 Å². The quantitative estimate of drug-likeness (QED) is 0.0950. The molecule has 0 amide bonds. The van der Waals surface area contributed by atoms with E-state index in [1.54, 1.807) is 0 Å². The molecule has 0 saturated carbocycles. The molecule has 0 radical (unpaired) electrons. The van der Waals surface area contributed by atoms with Crippen LogP contribution in [0.25, 0.3) is 0 Å². The maximum Gasteiger partial charge on any atom is 0.520 e. The van der Waals surface area contributed by atoms with Crippen LogP contribution in [0.1, 0.15) is 26.7 Å². The van der Waals surface area contributed by atoms with Gasteiger partial charge in [0.1, 0.15) is 0 Å². The summed E-state index contributed by atoms with van der Waals surface area (Å²) >= 11 is 0. The zero-order valence-corrected chi connectivity index (χ0v) is 29.4. The molecule has 0 aliphatic rings. The number of hydrogen-bond donors (Lipinski definition) is 0. The van der Waals surface area contributed by atoms with E-state index >= 15 is 0 Å². The highest BCUT2D eigenvalue weighted by Crippen LogP contribution is 2.71. The summed E-state index contributed by atoms with van der Waals surface area (Å²) in [5, 5.41) is 0. The van der Waals surface area contributed by atoms with Crippen molar-refractivity contribution in [3.8, 4) is 0 Å². The lowest BCUT2D eigenvalue weighted by molar-refractivity contribution is 0.312. The Morgan fingerprint density at radius 1 is 0.388 bits per heavy atom. The molecule has 6 rings (SSSR count). The molecule has 0 bridgehead atoms. The molecule has 0 heterocycles. The predicted octanol–water partition coefficient (Wildman–Crippen LogP) is 11.6. The summed E-state index contributed by atoms with van der Waals surface area (Å²) in [6.07, 6.45) is 0.645. The first-order chi connectivity index (χ1) is 24.0. The van der Waals surface area contributed by atoms with Gasteiger partial charge in [-0.2, -0.15) is 0 Å². The lowest BCUT2D eigenvalue weighted by Crippen LogP contribution is -2.42. The van der Waals surface area contributed by atoms with E-state index in [1.165, 1.54) is 0 Å². The highest BCUT2D eigenvalue weighted by Gasteiger charge is 2.63. The molecule has 0 atom stereocenters. The van der Waals surface area contributed by atoms with Gasteiger partial charge in [-0.3, -0.25) is 8.37 Å². The van der Waals surface area contributed by atoms with Crippen LogP contribution in [0.5, 0.6) is 0 Å². The SMILES string of the molecule is CCC(CC)(C(=[OH+])OS(c1ccccc1)(c1ccccc1)c1ccccc1)C(=[OH+])OS(c1ccccc1)(c1ccccc1)c1ccccc1. The van der Waals surface area contributed by atoms with Gasteiger partial charge in [-0.15, -0.1) is 0 Å². The Morgan fingerprint density at radius 3 is 0.735 bits per heavy atom. The monoisotopic (exact) mass is 686 g/mol. The summed E-state index contributed by atoms with van der Waals surface area (Å²) in [6.45, 7) is 3.88. The molecule has 0 unspecified atom stereocenters. The minimum atomic E-state index is -2.53. The van der Waals surface area contributed by atoms with Gasteiger partial charge >= 0.3 is 11.9 Å². The van der Waals surface area contributed by atoms with Crippen molar-refractivity contribution in [2.24, 2.45) is 5.41 Å². The van der Waals surface area contributed by atoms with Crippen molar-refractivity contribution in [1.82, 2.24) is 0 Å². The summed E-state index contributed by atoms with van der Waals surface area (Å²) in [7, 11) is -5.06. The lowest BCUT2D eigenvalue weighted by Gasteiger charge is -2.36. The maximum absolute atomic E-state index is 12.5. The van der Waals surface area contributed by atoms with E-state index < -0.39 is 26.0 Å². The Bertz CT molecular complexity index is 1610. The van der Waals surface area contributed by atoms with E-state index in [4.69, 9.17) is 8.37 Å². The first kappa shape index (κ1) is 33.8. The Morgan fingerprint density at radius 2 is 0.571 bits per heavy atom. The Kier molecular flexibility index (Phi) is 10.4. The van der Waals surface area contributed by atoms with Crippen molar-refractivity contribution < 1.29 is 18.0 Å². The zero-order chi connectivity index (χ0) is 34.2. The topological polar surface area (TPSA) is 61.3 Å². The van der Waals surface area contributed by atoms with Gasteiger partial charge in [0, 0.05) is 0 Å². The summed E-state index contributed by atoms with van der Waals surface area (Å²) in [5.41, 5.74) is -1.37. The van der Waals surface area contributed by atoms with Crippen LogP contribution in [0.2, 0.25) is 0 Å². The fraction of sp³-hybridized carbons (Fsp3) is 0.116. The van der Waals surface area contributed by atoms with Crippen LogP contribution >= 0.6 is 20.6 Å². The highest BCUT2D eigenvalue weighted by atomic mass is 32.3. The third kappa shape index (κ3) is 6.30. The van der Waals surface area contributed by atoms with Crippen molar-refractivity contribution in [3.05, 3.63) is 182 Å². The second-order valence-corrected chi connectivity index (χ2v) is 16.9. The van der Waals surface area contributed by atoms with E-state index in [0.29, 0.717) is 12.8 Å². The highest BCUT2D eigenvalue weighted by molar-refractivity contribution is 8.30. The molecular formula is C43H42O4S2+2. The van der Waals surface area contributed by atoms with Crippen molar-refractivity contribution in [2.75, 3.05) is 0 Å². The molecule has 4 nitrogen and oxygen atoms in total. The van der Waals surface area contributed by atoms with Crippen LogP contribution in [0.3, 0.4) is 0 Å². The molecule has 6 aromatic carbocycles. The molecule has 0 aliphatic carbocycles. The fourth-order valence-corrected chi connectivity index (χ4v) is 12.4. The fourth-order valence-electron chi connectivity index (χ4n) is 6.12. The van der Waals surface area contributed by atoms with Crippen molar-refractivity contribution in [2.45, 2.75) is 56.1 Å². The van der Waals surface area contributed by atoms with Gasteiger partial charge in [0.25, 0.3) is 5.41 Å². The van der Waals surface area contributed by atoms with E-state index in [9.17, 15) is 9.59 Å². The second-order valence-electron chi connectivity index (χ2n) is 11.6. The minimum Gasteiger partial charge on any atom is -0.337 e. The van der Waals surface area contributed by atoms with Crippen molar-refractivity contribution in [1.29, 1.82) is 0 Å². The number of carbonyl (C=O) groups excluding carboxylic acids is 2. The van der Waals surface area contributed by atoms with Gasteiger partial charge in [0.2, 0.25) is 0 Å². The van der Waals surface area contributed by atoms with Gasteiger partial charge in [0.05, 0.1) is 50.0 Å². The molecule has 0 aliphatic heterocycles. The van der Waals surface area contributed by atoms with Crippen LogP contribution in [-0.4, -0.2) is 21.5 Å². The molecule has 0 aromatic heterocycles. The molecule has 6 heteroatoms. The first-order valence-electron chi connectivity index (χ1n) is 16.5. The predicted molar refractivity (Wildman–Crippen MR) is 203 cm³/mol. The summed E-state index contributed by atoms with van der Waals surface area (Å²) in [4.78, 5) is 30.5. The minimum absolute atomic E-state index is 0.288.